The van der Waals surface area contributed by atoms with Crippen LogP contribution >= 0.6 is 0 Å². The summed E-state index contributed by atoms with van der Waals surface area (Å²) in [6.45, 7) is 0. The summed E-state index contributed by atoms with van der Waals surface area (Å²) in [6.07, 6.45) is 0. The minimum Gasteiger partial charge on any atom is -0.468 e. The van der Waals surface area contributed by atoms with Crippen LogP contribution in [0.2, 0.25) is 0 Å². The lowest BCUT2D eigenvalue weighted by molar-refractivity contribution is 0.0601. The van der Waals surface area contributed by atoms with Gasteiger partial charge in [0.25, 0.3) is 6.01 Å². The molecule has 1 aromatic carbocycles. The number of hydrogen-bond acceptors (Lipinski definition) is 4. The normalized spacial score (nSPS) is 10.3. The highest BCUT2D eigenvalue weighted by molar-refractivity contribution is 5.93. The Morgan fingerprint density at radius 3 is 2.87 bits per heavy atom. The second-order valence-electron chi connectivity index (χ2n) is 2.97. The van der Waals surface area contributed by atoms with Crippen LogP contribution in [0, 0.1) is 0 Å². The molecule has 1 heterocycles. The Morgan fingerprint density at radius 2 is 2.20 bits per heavy atom. The Labute approximate surface area is 86.0 Å². The zero-order chi connectivity index (χ0) is 10.8. The van der Waals surface area contributed by atoms with Gasteiger partial charge in [0.2, 0.25) is 0 Å². The molecule has 1 aromatic heterocycles. The van der Waals surface area contributed by atoms with Crippen molar-refractivity contribution in [3.05, 3.63) is 23.8 Å². The highest BCUT2D eigenvalue weighted by atomic mass is 16.5. The number of methoxy groups -OCH3 is 2. The smallest absolute Gasteiger partial charge is 0.337 e. The molecule has 0 unspecified atom stereocenters. The highest BCUT2D eigenvalue weighted by Crippen LogP contribution is 2.17. The van der Waals surface area contributed by atoms with Crippen molar-refractivity contribution in [2.45, 2.75) is 0 Å². The van der Waals surface area contributed by atoms with Gasteiger partial charge in [-0.1, -0.05) is 0 Å². The van der Waals surface area contributed by atoms with E-state index in [1.54, 1.807) is 18.2 Å². The fraction of sp³-hybridized carbons (Fsp3) is 0.200. The van der Waals surface area contributed by atoms with Crippen molar-refractivity contribution in [3.63, 3.8) is 0 Å². The van der Waals surface area contributed by atoms with E-state index < -0.39 is 0 Å². The summed E-state index contributed by atoms with van der Waals surface area (Å²) in [7, 11) is 2.87. The zero-order valence-corrected chi connectivity index (χ0v) is 8.40. The number of nitrogens with zero attached hydrogens (tertiary/aromatic N) is 1. The first kappa shape index (κ1) is 9.51. The number of rotatable bonds is 2. The third-order valence-corrected chi connectivity index (χ3v) is 2.08. The number of hydrogen-bond donors (Lipinski definition) is 1. The number of nitrogens with one attached hydrogen (secondary N) is 1. The van der Waals surface area contributed by atoms with Crippen LogP contribution in [-0.4, -0.2) is 30.2 Å². The molecule has 2 aromatic rings. The van der Waals surface area contributed by atoms with Gasteiger partial charge in [0.05, 0.1) is 30.8 Å². The number of esters is 1. The quantitative estimate of drug-likeness (QED) is 0.753. The summed E-state index contributed by atoms with van der Waals surface area (Å²) >= 11 is 0. The Bertz CT molecular complexity index is 504. The van der Waals surface area contributed by atoms with Gasteiger partial charge in [-0.15, -0.1) is 0 Å². The van der Waals surface area contributed by atoms with Crippen molar-refractivity contribution in [1.29, 1.82) is 0 Å². The second kappa shape index (κ2) is 3.61. The van der Waals surface area contributed by atoms with Gasteiger partial charge in [-0.25, -0.2) is 4.79 Å². The molecule has 0 fully saturated rings. The van der Waals surface area contributed by atoms with Crippen LogP contribution in [0.25, 0.3) is 11.0 Å². The maximum absolute atomic E-state index is 11.2. The lowest BCUT2D eigenvalue weighted by Gasteiger charge is -1.97. The van der Waals surface area contributed by atoms with Crippen LogP contribution < -0.4 is 4.74 Å². The van der Waals surface area contributed by atoms with Crippen molar-refractivity contribution >= 4 is 17.0 Å². The molecule has 0 aliphatic heterocycles. The molecule has 2 rings (SSSR count). The molecule has 0 bridgehead atoms. The molecule has 15 heavy (non-hydrogen) atoms. The number of carbonyl (C=O) groups excluding carboxylic acids is 1. The standard InChI is InChI=1S/C10H10N2O3/c1-14-9(13)6-3-4-7-8(5-6)12-10(11-7)15-2/h3-5H,1-2H3,(H,11,12). The van der Waals surface area contributed by atoms with Crippen LogP contribution in [0.3, 0.4) is 0 Å². The van der Waals surface area contributed by atoms with Gasteiger partial charge in [0.15, 0.2) is 0 Å². The maximum atomic E-state index is 11.2. The van der Waals surface area contributed by atoms with Crippen LogP contribution in [0.1, 0.15) is 10.4 Å². The topological polar surface area (TPSA) is 64.2 Å². The van der Waals surface area contributed by atoms with Gasteiger partial charge < -0.3 is 14.5 Å². The summed E-state index contributed by atoms with van der Waals surface area (Å²) < 4.78 is 9.55. The van der Waals surface area contributed by atoms with E-state index in [1.165, 1.54) is 14.2 Å². The summed E-state index contributed by atoms with van der Waals surface area (Å²) in [4.78, 5) is 18.3. The van der Waals surface area contributed by atoms with E-state index in [1.807, 2.05) is 0 Å². The third kappa shape index (κ3) is 1.63. The third-order valence-electron chi connectivity index (χ3n) is 2.08. The summed E-state index contributed by atoms with van der Waals surface area (Å²) in [5, 5.41) is 0. The maximum Gasteiger partial charge on any atom is 0.337 e. The summed E-state index contributed by atoms with van der Waals surface area (Å²) in [5.41, 5.74) is 1.97. The molecule has 0 saturated carbocycles. The van der Waals surface area contributed by atoms with E-state index in [0.717, 1.165) is 5.52 Å². The zero-order valence-electron chi connectivity index (χ0n) is 8.40. The van der Waals surface area contributed by atoms with E-state index in [-0.39, 0.29) is 5.97 Å². The van der Waals surface area contributed by atoms with Gasteiger partial charge in [-0.05, 0) is 18.2 Å². The number of imidazole rings is 1. The average Bonchev–Trinajstić information content (AvgIpc) is 2.69. The number of fused-ring (bicyclic) bond motifs is 1. The molecule has 1 N–H and O–H groups in total. The van der Waals surface area contributed by atoms with E-state index in [2.05, 4.69) is 14.7 Å². The largest absolute Gasteiger partial charge is 0.468 e. The van der Waals surface area contributed by atoms with Gasteiger partial charge >= 0.3 is 5.97 Å². The summed E-state index contributed by atoms with van der Waals surface area (Å²) in [6, 6.07) is 5.51. The van der Waals surface area contributed by atoms with E-state index >= 15 is 0 Å². The first-order valence-electron chi connectivity index (χ1n) is 4.36. The highest BCUT2D eigenvalue weighted by Gasteiger charge is 2.08. The predicted octanol–water partition coefficient (Wildman–Crippen LogP) is 1.36. The van der Waals surface area contributed by atoms with Crippen LogP contribution in [0.15, 0.2) is 18.2 Å². The molecule has 0 saturated heterocycles. The van der Waals surface area contributed by atoms with E-state index in [4.69, 9.17) is 4.74 Å². The van der Waals surface area contributed by atoms with Gasteiger partial charge in [0.1, 0.15) is 0 Å². The Balaban J connectivity index is 2.50. The fourth-order valence-electron chi connectivity index (χ4n) is 1.32. The van der Waals surface area contributed by atoms with Gasteiger partial charge in [-0.3, -0.25) is 0 Å². The molecule has 0 spiro atoms. The number of benzene rings is 1. The average molecular weight is 206 g/mol. The molecular weight excluding hydrogens is 196 g/mol. The minimum atomic E-state index is -0.376. The SMILES string of the molecule is COC(=O)c1ccc2[nH]c(OC)nc2c1. The van der Waals surface area contributed by atoms with Crippen molar-refractivity contribution in [3.8, 4) is 6.01 Å². The van der Waals surface area contributed by atoms with E-state index in [0.29, 0.717) is 17.1 Å². The lowest BCUT2D eigenvalue weighted by Crippen LogP contribution is -2.00. The predicted molar refractivity (Wildman–Crippen MR) is 54.0 cm³/mol. The van der Waals surface area contributed by atoms with Crippen LogP contribution in [-0.2, 0) is 4.74 Å². The number of carbonyl (C=O) groups is 1. The Morgan fingerprint density at radius 1 is 1.40 bits per heavy atom. The lowest BCUT2D eigenvalue weighted by atomic mass is 10.2. The van der Waals surface area contributed by atoms with Gasteiger partial charge in [0, 0.05) is 0 Å². The number of H-pyrrole nitrogens is 1. The van der Waals surface area contributed by atoms with Crippen LogP contribution in [0.5, 0.6) is 6.01 Å². The second-order valence-corrected chi connectivity index (χ2v) is 2.97. The molecule has 78 valence electrons. The summed E-state index contributed by atoms with van der Waals surface area (Å²) in [5.74, 6) is -0.376. The number of aromatic amines is 1. The molecule has 0 atom stereocenters. The number of ether oxygens (including phenoxy) is 2. The first-order valence-corrected chi connectivity index (χ1v) is 4.36. The van der Waals surface area contributed by atoms with E-state index in [9.17, 15) is 4.79 Å². The number of aromatic nitrogens is 2. The molecule has 0 aliphatic rings. The molecular formula is C10H10N2O3. The minimum absolute atomic E-state index is 0.376. The van der Waals surface area contributed by atoms with Crippen molar-refractivity contribution < 1.29 is 14.3 Å². The monoisotopic (exact) mass is 206 g/mol. The molecule has 0 aliphatic carbocycles. The molecule has 5 nitrogen and oxygen atoms in total. The van der Waals surface area contributed by atoms with Crippen molar-refractivity contribution in [2.75, 3.05) is 14.2 Å². The van der Waals surface area contributed by atoms with Gasteiger partial charge in [-0.2, -0.15) is 4.98 Å². The van der Waals surface area contributed by atoms with Crippen LogP contribution in [0.4, 0.5) is 0 Å². The molecule has 5 heteroatoms. The van der Waals surface area contributed by atoms with Crippen molar-refractivity contribution in [1.82, 2.24) is 9.97 Å². The molecule has 0 radical (unpaired) electrons. The van der Waals surface area contributed by atoms with Crippen molar-refractivity contribution in [2.24, 2.45) is 0 Å². The Hall–Kier alpha value is -2.04. The Kier molecular flexibility index (Phi) is 2.29. The first-order chi connectivity index (χ1) is 7.24. The fourth-order valence-corrected chi connectivity index (χ4v) is 1.32. The molecule has 0 amide bonds.